The van der Waals surface area contributed by atoms with Gasteiger partial charge in [0.1, 0.15) is 0 Å². The third kappa shape index (κ3) is 3.80. The van der Waals surface area contributed by atoms with Crippen LogP contribution < -0.4 is 0 Å². The quantitative estimate of drug-likeness (QED) is 0.373. The lowest BCUT2D eigenvalue weighted by Gasteiger charge is -2.06. The first-order valence-electron chi connectivity index (χ1n) is 9.35. The van der Waals surface area contributed by atoms with Crippen molar-refractivity contribution in [3.05, 3.63) is 59.7 Å². The van der Waals surface area contributed by atoms with Crippen molar-refractivity contribution in [2.24, 2.45) is 7.05 Å². The SMILES string of the molecule is CCCCCCC#Cc1c(-c2ccc(C)cc2)n(C)c2ccccc12. The number of hydrogen-bond acceptors (Lipinski definition) is 0. The minimum Gasteiger partial charge on any atom is -0.343 e. The summed E-state index contributed by atoms with van der Waals surface area (Å²) in [7, 11) is 2.14. The van der Waals surface area contributed by atoms with E-state index in [2.05, 4.69) is 85.8 Å². The summed E-state index contributed by atoms with van der Waals surface area (Å²) < 4.78 is 2.28. The lowest BCUT2D eigenvalue weighted by atomic mass is 10.0. The third-order valence-corrected chi connectivity index (χ3v) is 4.80. The van der Waals surface area contributed by atoms with Crippen LogP contribution in [-0.4, -0.2) is 4.57 Å². The standard InChI is InChI=1S/C24H27N/c1-4-5-6-7-8-9-13-22-21-12-10-11-14-23(21)25(3)24(22)20-17-15-19(2)16-18-20/h10-12,14-18H,4-8H2,1-3H3. The van der Waals surface area contributed by atoms with Gasteiger partial charge in [-0.05, 0) is 25.0 Å². The Hall–Kier alpha value is -2.46. The summed E-state index contributed by atoms with van der Waals surface area (Å²) >= 11 is 0. The van der Waals surface area contributed by atoms with E-state index in [1.165, 1.54) is 53.4 Å². The van der Waals surface area contributed by atoms with Gasteiger partial charge in [-0.25, -0.2) is 0 Å². The summed E-state index contributed by atoms with van der Waals surface area (Å²) in [5, 5.41) is 1.25. The van der Waals surface area contributed by atoms with Gasteiger partial charge >= 0.3 is 0 Å². The predicted octanol–water partition coefficient (Wildman–Crippen LogP) is 6.48. The van der Waals surface area contributed by atoms with Gasteiger partial charge in [-0.1, -0.05) is 86.1 Å². The number of nitrogens with zero attached hydrogens (tertiary/aromatic N) is 1. The largest absolute Gasteiger partial charge is 0.343 e. The Morgan fingerprint density at radius 3 is 2.44 bits per heavy atom. The molecule has 25 heavy (non-hydrogen) atoms. The molecular formula is C24H27N. The molecule has 3 aromatic rings. The first-order valence-corrected chi connectivity index (χ1v) is 9.35. The zero-order valence-electron chi connectivity index (χ0n) is 15.6. The van der Waals surface area contributed by atoms with Crippen LogP contribution in [0.1, 0.15) is 50.2 Å². The highest BCUT2D eigenvalue weighted by atomic mass is 14.9. The van der Waals surface area contributed by atoms with Gasteiger partial charge in [0, 0.05) is 24.4 Å². The number of rotatable bonds is 5. The maximum atomic E-state index is 3.50. The smallest absolute Gasteiger partial charge is 0.0647 e. The van der Waals surface area contributed by atoms with Crippen molar-refractivity contribution >= 4 is 10.9 Å². The Morgan fingerprint density at radius 1 is 0.920 bits per heavy atom. The van der Waals surface area contributed by atoms with Crippen LogP contribution in [0.25, 0.3) is 22.2 Å². The second kappa shape index (κ2) is 8.08. The molecule has 128 valence electrons. The Labute approximate surface area is 151 Å². The first-order chi connectivity index (χ1) is 12.2. The fraction of sp³-hybridized carbons (Fsp3) is 0.333. The van der Waals surface area contributed by atoms with Gasteiger partial charge in [0.25, 0.3) is 0 Å². The van der Waals surface area contributed by atoms with E-state index < -0.39 is 0 Å². The van der Waals surface area contributed by atoms with E-state index in [1.807, 2.05) is 0 Å². The summed E-state index contributed by atoms with van der Waals surface area (Å²) in [5.41, 5.74) is 6.15. The zero-order valence-corrected chi connectivity index (χ0v) is 15.6. The van der Waals surface area contributed by atoms with Crippen LogP contribution in [0.2, 0.25) is 0 Å². The van der Waals surface area contributed by atoms with E-state index in [1.54, 1.807) is 0 Å². The summed E-state index contributed by atoms with van der Waals surface area (Å²) in [4.78, 5) is 0. The molecule has 0 fully saturated rings. The molecule has 0 aliphatic rings. The number of benzene rings is 2. The minimum absolute atomic E-state index is 0.983. The molecular weight excluding hydrogens is 302 g/mol. The topological polar surface area (TPSA) is 4.93 Å². The lowest BCUT2D eigenvalue weighted by Crippen LogP contribution is -1.92. The van der Waals surface area contributed by atoms with Crippen LogP contribution in [0, 0.1) is 18.8 Å². The average molecular weight is 329 g/mol. The Balaban J connectivity index is 2.02. The van der Waals surface area contributed by atoms with Crippen molar-refractivity contribution in [2.75, 3.05) is 0 Å². The normalized spacial score (nSPS) is 10.7. The first kappa shape index (κ1) is 17.4. The summed E-state index contributed by atoms with van der Waals surface area (Å²) in [6, 6.07) is 17.3. The van der Waals surface area contributed by atoms with Crippen LogP contribution in [0.4, 0.5) is 0 Å². The molecule has 0 saturated heterocycles. The van der Waals surface area contributed by atoms with Gasteiger partial charge in [-0.3, -0.25) is 0 Å². The maximum absolute atomic E-state index is 3.50. The second-order valence-corrected chi connectivity index (χ2v) is 6.78. The van der Waals surface area contributed by atoms with Gasteiger partial charge < -0.3 is 4.57 Å². The number of aryl methyl sites for hydroxylation is 2. The molecule has 2 aromatic carbocycles. The van der Waals surface area contributed by atoms with Crippen LogP contribution >= 0.6 is 0 Å². The van der Waals surface area contributed by atoms with Crippen LogP contribution in [0.15, 0.2) is 48.5 Å². The van der Waals surface area contributed by atoms with Crippen molar-refractivity contribution in [3.63, 3.8) is 0 Å². The zero-order chi connectivity index (χ0) is 17.6. The molecule has 1 aromatic heterocycles. The molecule has 0 N–H and O–H groups in total. The Bertz CT molecular complexity index is 901. The Morgan fingerprint density at radius 2 is 1.68 bits per heavy atom. The molecule has 0 bridgehead atoms. The summed E-state index contributed by atoms with van der Waals surface area (Å²) in [6.07, 6.45) is 6.05. The predicted molar refractivity (Wildman–Crippen MR) is 109 cm³/mol. The highest BCUT2D eigenvalue weighted by Crippen LogP contribution is 2.32. The molecule has 0 unspecified atom stereocenters. The number of unbranched alkanes of at least 4 members (excludes halogenated alkanes) is 4. The van der Waals surface area contributed by atoms with Gasteiger partial charge in [-0.15, -0.1) is 0 Å². The number of para-hydroxylation sites is 1. The van der Waals surface area contributed by atoms with Gasteiger partial charge in [-0.2, -0.15) is 0 Å². The summed E-state index contributed by atoms with van der Waals surface area (Å²) in [5.74, 6) is 6.92. The van der Waals surface area contributed by atoms with Crippen LogP contribution in [0.5, 0.6) is 0 Å². The molecule has 0 atom stereocenters. The number of aromatic nitrogens is 1. The highest BCUT2D eigenvalue weighted by molar-refractivity contribution is 5.94. The van der Waals surface area contributed by atoms with Crippen LogP contribution in [-0.2, 0) is 7.05 Å². The van der Waals surface area contributed by atoms with Crippen molar-refractivity contribution in [3.8, 4) is 23.1 Å². The fourth-order valence-corrected chi connectivity index (χ4v) is 3.36. The van der Waals surface area contributed by atoms with E-state index >= 15 is 0 Å². The molecule has 0 amide bonds. The molecule has 1 nitrogen and oxygen atoms in total. The average Bonchev–Trinajstić information content (AvgIpc) is 2.91. The van der Waals surface area contributed by atoms with Gasteiger partial charge in [0.2, 0.25) is 0 Å². The third-order valence-electron chi connectivity index (χ3n) is 4.80. The lowest BCUT2D eigenvalue weighted by molar-refractivity contribution is 0.679. The monoisotopic (exact) mass is 329 g/mol. The highest BCUT2D eigenvalue weighted by Gasteiger charge is 2.14. The molecule has 0 aliphatic carbocycles. The minimum atomic E-state index is 0.983. The van der Waals surface area contributed by atoms with E-state index in [9.17, 15) is 0 Å². The molecule has 0 saturated carbocycles. The molecule has 0 aliphatic heterocycles. The van der Waals surface area contributed by atoms with Gasteiger partial charge in [0.05, 0.1) is 11.3 Å². The van der Waals surface area contributed by atoms with E-state index in [4.69, 9.17) is 0 Å². The van der Waals surface area contributed by atoms with Crippen molar-refractivity contribution < 1.29 is 0 Å². The number of fused-ring (bicyclic) bond motifs is 1. The van der Waals surface area contributed by atoms with Gasteiger partial charge in [0.15, 0.2) is 0 Å². The molecule has 0 radical (unpaired) electrons. The Kier molecular flexibility index (Phi) is 5.61. The fourth-order valence-electron chi connectivity index (χ4n) is 3.36. The van der Waals surface area contributed by atoms with Crippen molar-refractivity contribution in [1.29, 1.82) is 0 Å². The maximum Gasteiger partial charge on any atom is 0.0647 e. The molecule has 3 rings (SSSR count). The summed E-state index contributed by atoms with van der Waals surface area (Å²) in [6.45, 7) is 4.37. The van der Waals surface area contributed by atoms with E-state index in [-0.39, 0.29) is 0 Å². The van der Waals surface area contributed by atoms with Crippen LogP contribution in [0.3, 0.4) is 0 Å². The number of hydrogen-bond donors (Lipinski definition) is 0. The van der Waals surface area contributed by atoms with E-state index in [0.29, 0.717) is 0 Å². The van der Waals surface area contributed by atoms with Crippen molar-refractivity contribution in [1.82, 2.24) is 4.57 Å². The molecule has 1 heteroatoms. The van der Waals surface area contributed by atoms with Crippen molar-refractivity contribution in [2.45, 2.75) is 46.0 Å². The molecule has 1 heterocycles. The van der Waals surface area contributed by atoms with E-state index in [0.717, 1.165) is 12.0 Å². The second-order valence-electron chi connectivity index (χ2n) is 6.78. The molecule has 0 spiro atoms.